The normalized spacial score (nSPS) is 10.7. The van der Waals surface area contributed by atoms with Crippen LogP contribution in [0.4, 0.5) is 11.4 Å². The Kier molecular flexibility index (Phi) is 6.24. The predicted molar refractivity (Wildman–Crippen MR) is 115 cm³/mol. The van der Waals surface area contributed by atoms with Crippen molar-refractivity contribution in [2.24, 2.45) is 0 Å². The van der Waals surface area contributed by atoms with Crippen LogP contribution in [0.2, 0.25) is 0 Å². The smallest absolute Gasteiger partial charge is 0.271 e. The molecule has 0 atom stereocenters. The molecule has 0 radical (unpaired) electrons. The molecule has 0 aliphatic rings. The molecule has 1 amide bonds. The van der Waals surface area contributed by atoms with Crippen molar-refractivity contribution in [1.29, 1.82) is 0 Å². The summed E-state index contributed by atoms with van der Waals surface area (Å²) < 4.78 is 27.5. The number of amides is 1. The highest BCUT2D eigenvalue weighted by atomic mass is 32.2. The van der Waals surface area contributed by atoms with Gasteiger partial charge in [-0.25, -0.2) is 8.42 Å². The number of thiocarbonyl (C=S) groups is 1. The van der Waals surface area contributed by atoms with E-state index in [1.165, 1.54) is 18.2 Å². The second-order valence-electron chi connectivity index (χ2n) is 5.48. The molecule has 0 saturated carbocycles. The Hall–Kier alpha value is -2.95. The number of rotatable bonds is 5. The number of anilines is 2. The highest BCUT2D eigenvalue weighted by Gasteiger charge is 2.19. The van der Waals surface area contributed by atoms with E-state index >= 15 is 0 Å². The van der Waals surface area contributed by atoms with Crippen LogP contribution in [0.5, 0.6) is 0 Å². The molecule has 1 heterocycles. The van der Waals surface area contributed by atoms with Gasteiger partial charge in [0.25, 0.3) is 15.9 Å². The Labute approximate surface area is 171 Å². The molecule has 0 spiro atoms. The van der Waals surface area contributed by atoms with Crippen LogP contribution in [0.15, 0.2) is 76.3 Å². The number of thiophene rings is 1. The summed E-state index contributed by atoms with van der Waals surface area (Å²) in [5.74, 6) is -0.540. The Morgan fingerprint density at radius 3 is 2.32 bits per heavy atom. The summed E-state index contributed by atoms with van der Waals surface area (Å²) in [5, 5.41) is 4.77. The summed E-state index contributed by atoms with van der Waals surface area (Å²) in [7, 11) is -3.77. The minimum atomic E-state index is -3.77. The first-order valence-electron chi connectivity index (χ1n) is 8.03. The lowest BCUT2D eigenvalue weighted by atomic mass is 10.2. The van der Waals surface area contributed by atoms with Crippen LogP contribution in [0.3, 0.4) is 0 Å². The second-order valence-corrected chi connectivity index (χ2v) is 8.75. The first-order valence-corrected chi connectivity index (χ1v) is 10.8. The van der Waals surface area contributed by atoms with Gasteiger partial charge in [-0.15, -0.1) is 11.3 Å². The van der Waals surface area contributed by atoms with Crippen molar-refractivity contribution in [2.45, 2.75) is 4.21 Å². The van der Waals surface area contributed by atoms with E-state index in [9.17, 15) is 13.2 Å². The van der Waals surface area contributed by atoms with Crippen LogP contribution in [-0.4, -0.2) is 19.4 Å². The average molecular weight is 433 g/mol. The summed E-state index contributed by atoms with van der Waals surface area (Å²) >= 11 is 6.22. The van der Waals surface area contributed by atoms with E-state index in [1.54, 1.807) is 23.6 Å². The third kappa shape index (κ3) is 5.06. The molecule has 1 aromatic heterocycles. The molecular weight excluding hydrogens is 416 g/mol. The summed E-state index contributed by atoms with van der Waals surface area (Å²) in [4.78, 5) is 12.5. The van der Waals surface area contributed by atoms with E-state index < -0.39 is 15.9 Å². The highest BCUT2D eigenvalue weighted by molar-refractivity contribution is 7.94. The number of sulfonamides is 1. The highest BCUT2D eigenvalue weighted by Crippen LogP contribution is 2.22. The lowest BCUT2D eigenvalue weighted by Crippen LogP contribution is -2.44. The molecular formula is C18H16N4O3S3. The third-order valence-electron chi connectivity index (χ3n) is 3.50. The Bertz CT molecular complexity index is 1070. The Morgan fingerprint density at radius 1 is 0.893 bits per heavy atom. The van der Waals surface area contributed by atoms with Crippen molar-refractivity contribution in [1.82, 2.24) is 10.9 Å². The molecule has 0 saturated heterocycles. The molecule has 3 aromatic rings. The number of benzene rings is 2. The quantitative estimate of drug-likeness (QED) is 0.365. The average Bonchev–Trinajstić information content (AvgIpc) is 3.23. The Balaban J connectivity index is 1.67. The maximum absolute atomic E-state index is 12.5. The zero-order valence-corrected chi connectivity index (χ0v) is 16.8. The zero-order chi connectivity index (χ0) is 20.0. The van der Waals surface area contributed by atoms with Crippen LogP contribution in [0.1, 0.15) is 10.4 Å². The van der Waals surface area contributed by atoms with Crippen molar-refractivity contribution in [3.63, 3.8) is 0 Å². The maximum Gasteiger partial charge on any atom is 0.271 e. The van der Waals surface area contributed by atoms with E-state index in [4.69, 9.17) is 12.2 Å². The number of para-hydroxylation sites is 2. The number of hydrogen-bond donors (Lipinski definition) is 4. The van der Waals surface area contributed by atoms with Crippen LogP contribution < -0.4 is 20.9 Å². The molecule has 4 N–H and O–H groups in total. The van der Waals surface area contributed by atoms with E-state index in [1.807, 2.05) is 30.3 Å². The van der Waals surface area contributed by atoms with Gasteiger partial charge in [0.1, 0.15) is 4.21 Å². The summed E-state index contributed by atoms with van der Waals surface area (Å²) in [5.41, 5.74) is 6.12. The largest absolute Gasteiger partial charge is 0.331 e. The number of nitrogens with one attached hydrogen (secondary N) is 4. The van der Waals surface area contributed by atoms with Gasteiger partial charge in [-0.3, -0.25) is 20.4 Å². The standard InChI is InChI=1S/C18H16N4O3S3/c23-17(20-21-18(26)19-13-7-2-1-3-8-13)14-9-4-5-10-15(14)22-28(24,25)16-11-6-12-27-16/h1-12,22H,(H,20,23)(H2,19,21,26). The van der Waals surface area contributed by atoms with E-state index in [0.717, 1.165) is 17.0 Å². The number of carbonyl (C=O) groups is 1. The summed E-state index contributed by atoms with van der Waals surface area (Å²) in [6.07, 6.45) is 0. The molecule has 144 valence electrons. The molecule has 7 nitrogen and oxygen atoms in total. The second kappa shape index (κ2) is 8.83. The molecule has 0 fully saturated rings. The molecule has 0 aliphatic heterocycles. The van der Waals surface area contributed by atoms with Gasteiger partial charge in [0, 0.05) is 5.69 Å². The molecule has 10 heteroatoms. The van der Waals surface area contributed by atoms with E-state index in [0.29, 0.717) is 0 Å². The van der Waals surface area contributed by atoms with Gasteiger partial charge in [0.15, 0.2) is 5.11 Å². The minimum absolute atomic E-state index is 0.151. The third-order valence-corrected chi connectivity index (χ3v) is 6.46. The van der Waals surface area contributed by atoms with E-state index in [-0.39, 0.29) is 20.6 Å². The topological polar surface area (TPSA) is 99.3 Å². The molecule has 0 aliphatic carbocycles. The SMILES string of the molecule is O=C(NNC(=S)Nc1ccccc1)c1ccccc1NS(=O)(=O)c1cccs1. The molecule has 3 rings (SSSR count). The van der Waals surface area contributed by atoms with Crippen LogP contribution >= 0.6 is 23.6 Å². The summed E-state index contributed by atoms with van der Waals surface area (Å²) in [6, 6.07) is 18.6. The minimum Gasteiger partial charge on any atom is -0.331 e. The van der Waals surface area contributed by atoms with Crippen molar-refractivity contribution < 1.29 is 13.2 Å². The first-order chi connectivity index (χ1) is 13.5. The van der Waals surface area contributed by atoms with Gasteiger partial charge in [-0.2, -0.15) is 0 Å². The lowest BCUT2D eigenvalue weighted by molar-refractivity contribution is 0.0945. The fourth-order valence-corrected chi connectivity index (χ4v) is 4.49. The number of hydrogen-bond acceptors (Lipinski definition) is 5. The number of hydrazine groups is 1. The van der Waals surface area contributed by atoms with Gasteiger partial charge < -0.3 is 5.32 Å². The number of carbonyl (C=O) groups excluding carboxylic acids is 1. The van der Waals surface area contributed by atoms with Crippen molar-refractivity contribution >= 4 is 56.0 Å². The predicted octanol–water partition coefficient (Wildman–Crippen LogP) is 3.18. The molecule has 2 aromatic carbocycles. The van der Waals surface area contributed by atoms with Gasteiger partial charge in [-0.05, 0) is 47.9 Å². The van der Waals surface area contributed by atoms with Crippen LogP contribution in [0, 0.1) is 0 Å². The van der Waals surface area contributed by atoms with Crippen molar-refractivity contribution in [3.05, 3.63) is 77.7 Å². The lowest BCUT2D eigenvalue weighted by Gasteiger charge is -2.14. The zero-order valence-electron chi connectivity index (χ0n) is 14.4. The van der Waals surface area contributed by atoms with Crippen molar-refractivity contribution in [3.8, 4) is 0 Å². The van der Waals surface area contributed by atoms with Gasteiger partial charge in [0.2, 0.25) is 0 Å². The van der Waals surface area contributed by atoms with Gasteiger partial charge in [0.05, 0.1) is 11.3 Å². The van der Waals surface area contributed by atoms with Gasteiger partial charge in [-0.1, -0.05) is 36.4 Å². The van der Waals surface area contributed by atoms with E-state index in [2.05, 4.69) is 20.9 Å². The molecule has 28 heavy (non-hydrogen) atoms. The maximum atomic E-state index is 12.5. The molecule has 0 bridgehead atoms. The monoisotopic (exact) mass is 432 g/mol. The first kappa shape index (κ1) is 19.8. The van der Waals surface area contributed by atoms with Gasteiger partial charge >= 0.3 is 0 Å². The van der Waals surface area contributed by atoms with Crippen molar-refractivity contribution in [2.75, 3.05) is 10.0 Å². The molecule has 0 unspecified atom stereocenters. The fraction of sp³-hybridized carbons (Fsp3) is 0. The summed E-state index contributed by atoms with van der Waals surface area (Å²) in [6.45, 7) is 0. The van der Waals surface area contributed by atoms with Crippen LogP contribution in [-0.2, 0) is 10.0 Å². The fourth-order valence-electron chi connectivity index (χ4n) is 2.25. The Morgan fingerprint density at radius 2 is 1.61 bits per heavy atom. The van der Waals surface area contributed by atoms with Crippen LogP contribution in [0.25, 0.3) is 0 Å².